The fraction of sp³-hybridized carbons (Fsp3) is 0.455. The van der Waals surface area contributed by atoms with Crippen LogP contribution >= 0.6 is 11.3 Å². The van der Waals surface area contributed by atoms with Crippen molar-refractivity contribution in [2.24, 2.45) is 0 Å². The van der Waals surface area contributed by atoms with Gasteiger partial charge in [0.15, 0.2) is 0 Å². The maximum Gasteiger partial charge on any atom is 0.391 e. The third-order valence-corrected chi connectivity index (χ3v) is 2.71. The van der Waals surface area contributed by atoms with Crippen molar-refractivity contribution in [3.8, 4) is 11.8 Å². The van der Waals surface area contributed by atoms with Crippen LogP contribution in [0.3, 0.4) is 0 Å². The molecule has 1 rings (SSSR count). The zero-order valence-corrected chi connectivity index (χ0v) is 9.70. The smallest absolute Gasteiger partial charge is 0.384 e. The second-order valence-corrected chi connectivity index (χ2v) is 4.14. The van der Waals surface area contributed by atoms with Crippen LogP contribution in [-0.2, 0) is 11.3 Å². The van der Waals surface area contributed by atoms with Gasteiger partial charge in [-0.15, -0.1) is 11.3 Å². The summed E-state index contributed by atoms with van der Waals surface area (Å²) in [6.45, 7) is -0.484. The average molecular weight is 264 g/mol. The summed E-state index contributed by atoms with van der Waals surface area (Å²) in [7, 11) is 0. The molecule has 2 nitrogen and oxygen atoms in total. The van der Waals surface area contributed by atoms with Crippen LogP contribution in [0.1, 0.15) is 16.9 Å². The largest absolute Gasteiger partial charge is 0.391 e. The fourth-order valence-corrected chi connectivity index (χ4v) is 1.82. The van der Waals surface area contributed by atoms with Crippen molar-refractivity contribution < 1.29 is 23.0 Å². The Labute approximate surface area is 101 Å². The SMILES string of the molecule is OCC#Cc1ccsc1COCCC(F)(F)F. The monoisotopic (exact) mass is 264 g/mol. The molecule has 0 atom stereocenters. The number of aliphatic hydroxyl groups excluding tert-OH is 1. The van der Waals surface area contributed by atoms with Crippen LogP contribution in [0.2, 0.25) is 0 Å². The van der Waals surface area contributed by atoms with Gasteiger partial charge in [0, 0.05) is 10.4 Å². The molecular weight excluding hydrogens is 253 g/mol. The van der Waals surface area contributed by atoms with Gasteiger partial charge in [-0.1, -0.05) is 11.8 Å². The van der Waals surface area contributed by atoms with E-state index in [1.807, 2.05) is 0 Å². The van der Waals surface area contributed by atoms with Crippen LogP contribution < -0.4 is 0 Å². The molecule has 17 heavy (non-hydrogen) atoms. The maximum absolute atomic E-state index is 11.8. The zero-order chi connectivity index (χ0) is 12.7. The van der Waals surface area contributed by atoms with Crippen molar-refractivity contribution in [3.63, 3.8) is 0 Å². The van der Waals surface area contributed by atoms with E-state index in [-0.39, 0.29) is 19.8 Å². The summed E-state index contributed by atoms with van der Waals surface area (Å²) < 4.78 is 40.5. The highest BCUT2D eigenvalue weighted by Crippen LogP contribution is 2.21. The molecule has 1 aromatic heterocycles. The van der Waals surface area contributed by atoms with Crippen LogP contribution in [0.5, 0.6) is 0 Å². The van der Waals surface area contributed by atoms with Crippen molar-refractivity contribution >= 4 is 11.3 Å². The minimum Gasteiger partial charge on any atom is -0.384 e. The van der Waals surface area contributed by atoms with Crippen LogP contribution in [0.4, 0.5) is 13.2 Å². The summed E-state index contributed by atoms with van der Waals surface area (Å²) in [4.78, 5) is 0.771. The Hall–Kier alpha value is -1.03. The summed E-state index contributed by atoms with van der Waals surface area (Å²) in [6, 6.07) is 1.75. The van der Waals surface area contributed by atoms with E-state index in [0.717, 1.165) is 4.88 Å². The Morgan fingerprint density at radius 1 is 1.41 bits per heavy atom. The second-order valence-electron chi connectivity index (χ2n) is 3.14. The van der Waals surface area contributed by atoms with Gasteiger partial charge in [0.05, 0.1) is 19.6 Å². The second kappa shape index (κ2) is 6.64. The van der Waals surface area contributed by atoms with Crippen LogP contribution in [0, 0.1) is 11.8 Å². The number of thiophene rings is 1. The predicted molar refractivity (Wildman–Crippen MR) is 58.6 cm³/mol. The highest BCUT2D eigenvalue weighted by atomic mass is 32.1. The molecule has 0 radical (unpaired) electrons. The van der Waals surface area contributed by atoms with Gasteiger partial charge >= 0.3 is 6.18 Å². The maximum atomic E-state index is 11.8. The fourth-order valence-electron chi connectivity index (χ4n) is 1.05. The number of halogens is 3. The summed E-state index contributed by atoms with van der Waals surface area (Å²) in [5, 5.41) is 10.3. The van der Waals surface area contributed by atoms with E-state index in [0.29, 0.717) is 5.56 Å². The van der Waals surface area contributed by atoms with Gasteiger partial charge < -0.3 is 9.84 Å². The number of ether oxygens (including phenoxy) is 1. The predicted octanol–water partition coefficient (Wildman–Crippen LogP) is 2.56. The number of hydrogen-bond donors (Lipinski definition) is 1. The Kier molecular flexibility index (Phi) is 5.48. The van der Waals surface area contributed by atoms with E-state index < -0.39 is 12.6 Å². The third kappa shape index (κ3) is 5.73. The highest BCUT2D eigenvalue weighted by Gasteiger charge is 2.26. The van der Waals surface area contributed by atoms with E-state index in [9.17, 15) is 13.2 Å². The van der Waals surface area contributed by atoms with Gasteiger partial charge in [0.2, 0.25) is 0 Å². The molecule has 1 aromatic rings. The molecule has 0 amide bonds. The third-order valence-electron chi connectivity index (χ3n) is 1.81. The quantitative estimate of drug-likeness (QED) is 0.669. The molecule has 0 fully saturated rings. The van der Waals surface area contributed by atoms with Crippen molar-refractivity contribution in [2.75, 3.05) is 13.2 Å². The molecule has 6 heteroatoms. The number of hydrogen-bond acceptors (Lipinski definition) is 3. The van der Waals surface area contributed by atoms with E-state index >= 15 is 0 Å². The highest BCUT2D eigenvalue weighted by molar-refractivity contribution is 7.10. The van der Waals surface area contributed by atoms with Crippen molar-refractivity contribution in [3.05, 3.63) is 21.9 Å². The minimum atomic E-state index is -4.19. The van der Waals surface area contributed by atoms with Crippen molar-refractivity contribution in [2.45, 2.75) is 19.2 Å². The molecule has 1 heterocycles. The molecule has 0 unspecified atom stereocenters. The Balaban J connectivity index is 2.39. The standard InChI is InChI=1S/C11H11F3O2S/c12-11(13,14)4-6-16-8-10-9(2-1-5-15)3-7-17-10/h3,7,15H,4-6,8H2. The number of alkyl halides is 3. The van der Waals surface area contributed by atoms with Crippen LogP contribution in [0.25, 0.3) is 0 Å². The summed E-state index contributed by atoms with van der Waals surface area (Å²) in [6.07, 6.45) is -5.13. The molecule has 0 aliphatic carbocycles. The van der Waals surface area contributed by atoms with Gasteiger partial charge in [-0.05, 0) is 11.4 Å². The van der Waals surface area contributed by atoms with Crippen molar-refractivity contribution in [1.29, 1.82) is 0 Å². The van der Waals surface area contributed by atoms with Gasteiger partial charge in [0.1, 0.15) is 6.61 Å². The van der Waals surface area contributed by atoms with Crippen molar-refractivity contribution in [1.82, 2.24) is 0 Å². The minimum absolute atomic E-state index is 0.114. The Morgan fingerprint density at radius 3 is 2.82 bits per heavy atom. The Morgan fingerprint density at radius 2 is 2.18 bits per heavy atom. The topological polar surface area (TPSA) is 29.5 Å². The van der Waals surface area contributed by atoms with Crippen LogP contribution in [0.15, 0.2) is 11.4 Å². The zero-order valence-electron chi connectivity index (χ0n) is 8.88. The lowest BCUT2D eigenvalue weighted by atomic mass is 10.2. The van der Waals surface area contributed by atoms with E-state index in [2.05, 4.69) is 11.8 Å². The molecule has 0 saturated heterocycles. The van der Waals surface area contributed by atoms with E-state index in [1.54, 1.807) is 11.4 Å². The van der Waals surface area contributed by atoms with E-state index in [1.165, 1.54) is 11.3 Å². The Bertz CT molecular complexity index is 401. The first-order chi connectivity index (χ1) is 8.03. The lowest BCUT2D eigenvalue weighted by Crippen LogP contribution is -2.11. The summed E-state index contributed by atoms with van der Waals surface area (Å²) >= 11 is 1.37. The lowest BCUT2D eigenvalue weighted by molar-refractivity contribution is -0.145. The normalized spacial score (nSPS) is 11.1. The van der Waals surface area contributed by atoms with Crippen LogP contribution in [-0.4, -0.2) is 24.5 Å². The summed E-state index contributed by atoms with van der Waals surface area (Å²) in [5.74, 6) is 5.19. The van der Waals surface area contributed by atoms with Gasteiger partial charge in [-0.2, -0.15) is 13.2 Å². The number of rotatable bonds is 4. The van der Waals surface area contributed by atoms with Gasteiger partial charge in [0.25, 0.3) is 0 Å². The van der Waals surface area contributed by atoms with Gasteiger partial charge in [-0.3, -0.25) is 0 Å². The summed E-state index contributed by atoms with van der Waals surface area (Å²) in [5.41, 5.74) is 0.691. The molecule has 0 aliphatic rings. The number of aliphatic hydroxyl groups is 1. The first kappa shape index (κ1) is 14.0. The molecule has 94 valence electrons. The van der Waals surface area contributed by atoms with Gasteiger partial charge in [-0.25, -0.2) is 0 Å². The molecular formula is C11H11F3O2S. The molecule has 0 bridgehead atoms. The van der Waals surface area contributed by atoms with E-state index in [4.69, 9.17) is 9.84 Å². The molecule has 1 N–H and O–H groups in total. The molecule has 0 aromatic carbocycles. The molecule has 0 spiro atoms. The first-order valence-corrected chi connectivity index (χ1v) is 5.71. The average Bonchev–Trinajstić information content (AvgIpc) is 2.67. The lowest BCUT2D eigenvalue weighted by Gasteiger charge is -2.06. The first-order valence-electron chi connectivity index (χ1n) is 4.83. The molecule has 0 aliphatic heterocycles. The molecule has 0 saturated carbocycles.